The number of halogens is 1. The molecule has 1 aromatic rings. The van der Waals surface area contributed by atoms with E-state index in [4.69, 9.17) is 5.73 Å². The van der Waals surface area contributed by atoms with Crippen molar-refractivity contribution in [1.82, 2.24) is 10.2 Å². The van der Waals surface area contributed by atoms with Gasteiger partial charge in [0.25, 0.3) is 0 Å². The first-order valence-electron chi connectivity index (χ1n) is 6.97. The molecule has 0 aliphatic carbocycles. The van der Waals surface area contributed by atoms with E-state index in [0.29, 0.717) is 12.0 Å². The van der Waals surface area contributed by atoms with Crippen LogP contribution >= 0.6 is 35.3 Å². The molecule has 1 heterocycles. The summed E-state index contributed by atoms with van der Waals surface area (Å²) in [6.45, 7) is 10.2. The van der Waals surface area contributed by atoms with Crippen molar-refractivity contribution >= 4 is 41.3 Å². The van der Waals surface area contributed by atoms with Gasteiger partial charge in [0.05, 0.1) is 6.54 Å². The third kappa shape index (κ3) is 7.44. The van der Waals surface area contributed by atoms with Gasteiger partial charge in [0.15, 0.2) is 5.96 Å². The highest BCUT2D eigenvalue weighted by atomic mass is 127. The third-order valence-corrected chi connectivity index (χ3v) is 4.16. The van der Waals surface area contributed by atoms with Crippen molar-refractivity contribution in [3.63, 3.8) is 0 Å². The molecule has 0 amide bonds. The average molecular weight is 410 g/mol. The summed E-state index contributed by atoms with van der Waals surface area (Å²) in [4.78, 5) is 8.15. The molecule has 0 fully saturated rings. The fourth-order valence-electron chi connectivity index (χ4n) is 2.02. The zero-order chi connectivity index (χ0) is 14.1. The van der Waals surface area contributed by atoms with E-state index in [1.165, 1.54) is 4.88 Å². The summed E-state index contributed by atoms with van der Waals surface area (Å²) in [5.74, 6) is 0.551. The standard InChI is InChI=1S/C14H26N4S.HI/c1-4-18(5-2)12(3)11-17-14(15)16-9-8-13-7-6-10-19-13;/h6-7,10,12H,4-5,8-9,11H2,1-3H3,(H3,15,16,17);1H. The number of nitrogens with zero attached hydrogens (tertiary/aromatic N) is 2. The molecule has 0 saturated carbocycles. The highest BCUT2D eigenvalue weighted by molar-refractivity contribution is 14.0. The number of likely N-dealkylation sites (N-methyl/N-ethyl adjacent to an activating group) is 1. The summed E-state index contributed by atoms with van der Waals surface area (Å²) in [6.07, 6.45) is 0.999. The first kappa shape index (κ1) is 19.7. The van der Waals surface area contributed by atoms with Crippen LogP contribution in [0.3, 0.4) is 0 Å². The number of rotatable bonds is 8. The van der Waals surface area contributed by atoms with Crippen LogP contribution in [0.4, 0.5) is 0 Å². The molecule has 1 atom stereocenters. The lowest BCUT2D eigenvalue weighted by atomic mass is 10.3. The van der Waals surface area contributed by atoms with Crippen molar-refractivity contribution in [2.24, 2.45) is 10.7 Å². The Balaban J connectivity index is 0.00000361. The first-order chi connectivity index (χ1) is 9.17. The van der Waals surface area contributed by atoms with Crippen LogP contribution in [0.25, 0.3) is 0 Å². The minimum absolute atomic E-state index is 0. The Morgan fingerprint density at radius 1 is 1.45 bits per heavy atom. The van der Waals surface area contributed by atoms with Crippen LogP contribution in [-0.2, 0) is 6.42 Å². The summed E-state index contributed by atoms with van der Waals surface area (Å²) >= 11 is 1.78. The molecule has 0 aromatic carbocycles. The number of aliphatic imine (C=N–C) groups is 1. The van der Waals surface area contributed by atoms with Gasteiger partial charge in [-0.15, -0.1) is 35.3 Å². The Labute approximate surface area is 143 Å². The van der Waals surface area contributed by atoms with Crippen molar-refractivity contribution in [2.75, 3.05) is 26.2 Å². The lowest BCUT2D eigenvalue weighted by Crippen LogP contribution is -2.38. The molecule has 0 spiro atoms. The lowest BCUT2D eigenvalue weighted by Gasteiger charge is -2.24. The highest BCUT2D eigenvalue weighted by Gasteiger charge is 2.08. The Kier molecular flexibility index (Phi) is 11.1. The second-order valence-electron chi connectivity index (χ2n) is 4.55. The van der Waals surface area contributed by atoms with Gasteiger partial charge in [0.1, 0.15) is 0 Å². The molecule has 1 aromatic heterocycles. The zero-order valence-electron chi connectivity index (χ0n) is 12.6. The largest absolute Gasteiger partial charge is 0.370 e. The van der Waals surface area contributed by atoms with E-state index >= 15 is 0 Å². The monoisotopic (exact) mass is 410 g/mol. The predicted octanol–water partition coefficient (Wildman–Crippen LogP) is 2.54. The van der Waals surface area contributed by atoms with Crippen molar-refractivity contribution < 1.29 is 0 Å². The van der Waals surface area contributed by atoms with Gasteiger partial charge in [0.2, 0.25) is 0 Å². The second kappa shape index (κ2) is 11.3. The van der Waals surface area contributed by atoms with Crippen LogP contribution in [0.2, 0.25) is 0 Å². The number of hydrogen-bond acceptors (Lipinski definition) is 3. The maximum Gasteiger partial charge on any atom is 0.188 e. The molecule has 0 radical (unpaired) electrons. The van der Waals surface area contributed by atoms with Gasteiger partial charge in [-0.2, -0.15) is 0 Å². The van der Waals surface area contributed by atoms with Crippen LogP contribution in [0, 0.1) is 0 Å². The number of hydrogen-bond donors (Lipinski definition) is 2. The lowest BCUT2D eigenvalue weighted by molar-refractivity contribution is 0.237. The third-order valence-electron chi connectivity index (χ3n) is 3.22. The van der Waals surface area contributed by atoms with E-state index in [1.54, 1.807) is 11.3 Å². The van der Waals surface area contributed by atoms with E-state index in [9.17, 15) is 0 Å². The number of nitrogens with two attached hydrogens (primary N) is 1. The number of guanidine groups is 1. The smallest absolute Gasteiger partial charge is 0.188 e. The highest BCUT2D eigenvalue weighted by Crippen LogP contribution is 2.07. The van der Waals surface area contributed by atoms with Crippen LogP contribution < -0.4 is 11.1 Å². The van der Waals surface area contributed by atoms with Crippen LogP contribution in [0.5, 0.6) is 0 Å². The summed E-state index contributed by atoms with van der Waals surface area (Å²) in [7, 11) is 0. The molecule has 0 aliphatic heterocycles. The Bertz CT molecular complexity index is 363. The molecule has 1 rings (SSSR count). The maximum absolute atomic E-state index is 5.87. The molecule has 1 unspecified atom stereocenters. The van der Waals surface area contributed by atoms with Crippen molar-refractivity contribution in [1.29, 1.82) is 0 Å². The molecule has 3 N–H and O–H groups in total. The summed E-state index contributed by atoms with van der Waals surface area (Å²) < 4.78 is 0. The number of nitrogens with one attached hydrogen (secondary N) is 1. The molecular formula is C14H27IN4S. The van der Waals surface area contributed by atoms with Gasteiger partial charge < -0.3 is 11.1 Å². The summed E-state index contributed by atoms with van der Waals surface area (Å²) in [6, 6.07) is 4.65. The van der Waals surface area contributed by atoms with Crippen LogP contribution in [0.15, 0.2) is 22.5 Å². The van der Waals surface area contributed by atoms with E-state index in [2.05, 4.69) is 53.5 Å². The molecule has 0 saturated heterocycles. The van der Waals surface area contributed by atoms with Crippen molar-refractivity contribution in [2.45, 2.75) is 33.2 Å². The minimum Gasteiger partial charge on any atom is -0.370 e. The Morgan fingerprint density at radius 2 is 2.15 bits per heavy atom. The van der Waals surface area contributed by atoms with E-state index in [-0.39, 0.29) is 24.0 Å². The topological polar surface area (TPSA) is 53.6 Å². The molecule has 4 nitrogen and oxygen atoms in total. The Morgan fingerprint density at radius 3 is 2.70 bits per heavy atom. The molecule has 0 aliphatic rings. The molecule has 20 heavy (non-hydrogen) atoms. The quantitative estimate of drug-likeness (QED) is 0.394. The fraction of sp³-hybridized carbons (Fsp3) is 0.643. The van der Waals surface area contributed by atoms with Gasteiger partial charge >= 0.3 is 0 Å². The van der Waals surface area contributed by atoms with E-state index < -0.39 is 0 Å². The summed E-state index contributed by atoms with van der Waals surface area (Å²) in [5, 5.41) is 5.26. The van der Waals surface area contributed by atoms with Gasteiger partial charge in [-0.1, -0.05) is 19.9 Å². The molecule has 6 heteroatoms. The zero-order valence-corrected chi connectivity index (χ0v) is 15.8. The van der Waals surface area contributed by atoms with E-state index in [1.807, 2.05) is 0 Å². The van der Waals surface area contributed by atoms with Crippen LogP contribution in [-0.4, -0.2) is 43.1 Å². The molecule has 116 valence electrons. The SMILES string of the molecule is CCN(CC)C(C)CN=C(N)NCCc1cccs1.I. The van der Waals surface area contributed by atoms with Crippen LogP contribution in [0.1, 0.15) is 25.6 Å². The normalized spacial score (nSPS) is 13.1. The van der Waals surface area contributed by atoms with Gasteiger partial charge in [-0.25, -0.2) is 0 Å². The van der Waals surface area contributed by atoms with Gasteiger partial charge in [0, 0.05) is 17.5 Å². The van der Waals surface area contributed by atoms with E-state index in [0.717, 1.165) is 32.6 Å². The molecule has 0 bridgehead atoms. The number of thiophene rings is 1. The fourth-order valence-corrected chi connectivity index (χ4v) is 2.73. The maximum atomic E-state index is 5.87. The van der Waals surface area contributed by atoms with Crippen molar-refractivity contribution in [3.8, 4) is 0 Å². The average Bonchev–Trinajstić information content (AvgIpc) is 2.91. The minimum atomic E-state index is 0. The second-order valence-corrected chi connectivity index (χ2v) is 5.58. The summed E-state index contributed by atoms with van der Waals surface area (Å²) in [5.41, 5.74) is 5.87. The van der Waals surface area contributed by atoms with Gasteiger partial charge in [-0.05, 0) is 37.9 Å². The predicted molar refractivity (Wildman–Crippen MR) is 100 cm³/mol. The van der Waals surface area contributed by atoms with Crippen molar-refractivity contribution in [3.05, 3.63) is 22.4 Å². The van der Waals surface area contributed by atoms with Gasteiger partial charge in [-0.3, -0.25) is 9.89 Å². The Hall–Kier alpha value is -0.340. The first-order valence-corrected chi connectivity index (χ1v) is 7.85. The molecular weight excluding hydrogens is 383 g/mol.